The van der Waals surface area contributed by atoms with Crippen molar-refractivity contribution in [1.82, 2.24) is 4.90 Å². The molecule has 1 aliphatic heterocycles. The summed E-state index contributed by atoms with van der Waals surface area (Å²) < 4.78 is 0. The summed E-state index contributed by atoms with van der Waals surface area (Å²) in [7, 11) is 0. The molecule has 1 aromatic rings. The summed E-state index contributed by atoms with van der Waals surface area (Å²) in [5, 5.41) is 33.3. The van der Waals surface area contributed by atoms with Gasteiger partial charge in [0.25, 0.3) is 5.69 Å². The number of likely N-dealkylation sites (tertiary alicyclic amines) is 1. The summed E-state index contributed by atoms with van der Waals surface area (Å²) in [4.78, 5) is 12.4. The molecule has 0 spiro atoms. The maximum atomic E-state index is 10.9. The molecule has 21 heavy (non-hydrogen) atoms. The highest BCUT2D eigenvalue weighted by molar-refractivity contribution is 5.56. The molecule has 7 nitrogen and oxygen atoms in total. The molecular weight excluding hydrogens is 274 g/mol. The predicted octanol–water partition coefficient (Wildman–Crippen LogP) is 0.954. The average molecular weight is 295 g/mol. The van der Waals surface area contributed by atoms with Gasteiger partial charge >= 0.3 is 0 Å². The van der Waals surface area contributed by atoms with Crippen molar-refractivity contribution < 1.29 is 15.1 Å². The van der Waals surface area contributed by atoms with E-state index in [1.165, 1.54) is 6.07 Å². The van der Waals surface area contributed by atoms with Crippen molar-refractivity contribution in [3.05, 3.63) is 33.9 Å². The Kier molecular flexibility index (Phi) is 5.11. The Balaban J connectivity index is 2.17. The van der Waals surface area contributed by atoms with Gasteiger partial charge < -0.3 is 15.5 Å². The fourth-order valence-electron chi connectivity index (χ4n) is 2.47. The normalized spacial score (nSPS) is 22.4. The number of anilines is 1. The van der Waals surface area contributed by atoms with Crippen LogP contribution < -0.4 is 5.32 Å². The third-order valence-electron chi connectivity index (χ3n) is 3.59. The van der Waals surface area contributed by atoms with Gasteiger partial charge in [0.15, 0.2) is 0 Å². The SMILES string of the molecule is CCCNc1ccc([N+](=O)[O-])cc1CN1CC(O)C(O)C1. The zero-order chi connectivity index (χ0) is 15.4. The van der Waals surface area contributed by atoms with Crippen molar-refractivity contribution in [3.63, 3.8) is 0 Å². The van der Waals surface area contributed by atoms with Crippen LogP contribution >= 0.6 is 0 Å². The molecule has 0 amide bonds. The second kappa shape index (κ2) is 6.84. The third-order valence-corrected chi connectivity index (χ3v) is 3.59. The molecule has 0 saturated carbocycles. The number of β-amino-alcohol motifs (C(OH)–C–C–N with tert-alkyl or cyclic N) is 2. The minimum Gasteiger partial charge on any atom is -0.389 e. The largest absolute Gasteiger partial charge is 0.389 e. The van der Waals surface area contributed by atoms with Crippen LogP contribution in [0.25, 0.3) is 0 Å². The first-order valence-electron chi connectivity index (χ1n) is 7.11. The van der Waals surface area contributed by atoms with Crippen LogP contribution in [0.15, 0.2) is 18.2 Å². The van der Waals surface area contributed by atoms with Gasteiger partial charge in [0.1, 0.15) is 0 Å². The summed E-state index contributed by atoms with van der Waals surface area (Å²) in [6.45, 7) is 4.04. The zero-order valence-electron chi connectivity index (χ0n) is 12.0. The molecule has 7 heteroatoms. The minimum absolute atomic E-state index is 0.0485. The number of rotatable bonds is 6. The smallest absolute Gasteiger partial charge is 0.269 e. The summed E-state index contributed by atoms with van der Waals surface area (Å²) in [6, 6.07) is 4.75. The molecule has 0 aliphatic carbocycles. The van der Waals surface area contributed by atoms with E-state index in [4.69, 9.17) is 0 Å². The van der Waals surface area contributed by atoms with Crippen molar-refractivity contribution in [2.75, 3.05) is 25.0 Å². The first kappa shape index (κ1) is 15.7. The molecule has 0 aromatic heterocycles. The molecule has 1 saturated heterocycles. The highest BCUT2D eigenvalue weighted by Crippen LogP contribution is 2.25. The van der Waals surface area contributed by atoms with Crippen LogP contribution in [0, 0.1) is 10.1 Å². The van der Waals surface area contributed by atoms with Crippen LogP contribution in [0.1, 0.15) is 18.9 Å². The second-order valence-electron chi connectivity index (χ2n) is 5.35. The Hall–Kier alpha value is -1.70. The maximum Gasteiger partial charge on any atom is 0.269 e. The average Bonchev–Trinajstić information content (AvgIpc) is 2.75. The molecule has 1 aromatic carbocycles. The minimum atomic E-state index is -0.754. The first-order valence-corrected chi connectivity index (χ1v) is 7.11. The van der Waals surface area contributed by atoms with Gasteiger partial charge in [0, 0.05) is 44.0 Å². The molecule has 1 aliphatic rings. The number of hydrogen-bond acceptors (Lipinski definition) is 6. The van der Waals surface area contributed by atoms with Crippen LogP contribution in [0.3, 0.4) is 0 Å². The van der Waals surface area contributed by atoms with E-state index in [0.29, 0.717) is 19.6 Å². The molecule has 2 rings (SSSR count). The molecule has 0 bridgehead atoms. The first-order chi connectivity index (χ1) is 10.0. The second-order valence-corrected chi connectivity index (χ2v) is 5.35. The van der Waals surface area contributed by atoms with Gasteiger partial charge in [-0.1, -0.05) is 6.92 Å². The van der Waals surface area contributed by atoms with Crippen LogP contribution in [0.4, 0.5) is 11.4 Å². The lowest BCUT2D eigenvalue weighted by atomic mass is 10.1. The van der Waals surface area contributed by atoms with E-state index < -0.39 is 17.1 Å². The van der Waals surface area contributed by atoms with E-state index in [0.717, 1.165) is 24.2 Å². The summed E-state index contributed by atoms with van der Waals surface area (Å²) >= 11 is 0. The Morgan fingerprint density at radius 3 is 2.62 bits per heavy atom. The van der Waals surface area contributed by atoms with Gasteiger partial charge in [0.05, 0.1) is 17.1 Å². The van der Waals surface area contributed by atoms with Crippen molar-refractivity contribution in [1.29, 1.82) is 0 Å². The summed E-state index contributed by atoms with van der Waals surface area (Å²) in [5.74, 6) is 0. The van der Waals surface area contributed by atoms with Crippen molar-refractivity contribution in [2.45, 2.75) is 32.1 Å². The predicted molar refractivity (Wildman–Crippen MR) is 79.2 cm³/mol. The van der Waals surface area contributed by atoms with E-state index >= 15 is 0 Å². The topological polar surface area (TPSA) is 98.9 Å². The van der Waals surface area contributed by atoms with E-state index in [-0.39, 0.29) is 5.69 Å². The molecule has 0 radical (unpaired) electrons. The quantitative estimate of drug-likeness (QED) is 0.534. The van der Waals surface area contributed by atoms with E-state index in [1.54, 1.807) is 12.1 Å². The number of nitro groups is 1. The van der Waals surface area contributed by atoms with Crippen molar-refractivity contribution >= 4 is 11.4 Å². The molecular formula is C14H21N3O4. The lowest BCUT2D eigenvalue weighted by molar-refractivity contribution is -0.384. The van der Waals surface area contributed by atoms with E-state index in [1.807, 2.05) is 11.8 Å². The molecule has 3 N–H and O–H groups in total. The lowest BCUT2D eigenvalue weighted by Crippen LogP contribution is -2.22. The Bertz CT molecular complexity index is 499. The number of nitro benzene ring substituents is 1. The van der Waals surface area contributed by atoms with Crippen LogP contribution in [-0.2, 0) is 6.54 Å². The number of non-ortho nitro benzene ring substituents is 1. The Labute approximate surface area is 123 Å². The Morgan fingerprint density at radius 1 is 1.38 bits per heavy atom. The number of aliphatic hydroxyl groups excluding tert-OH is 2. The number of nitrogens with one attached hydrogen (secondary N) is 1. The van der Waals surface area contributed by atoms with Gasteiger partial charge in [-0.3, -0.25) is 15.0 Å². The fraction of sp³-hybridized carbons (Fsp3) is 0.571. The van der Waals surface area contributed by atoms with Crippen molar-refractivity contribution in [3.8, 4) is 0 Å². The molecule has 1 fully saturated rings. The molecule has 2 atom stereocenters. The molecule has 116 valence electrons. The molecule has 2 unspecified atom stereocenters. The lowest BCUT2D eigenvalue weighted by Gasteiger charge is -2.18. The standard InChI is InChI=1S/C14H21N3O4/c1-2-5-15-12-4-3-11(17(20)21)6-10(12)7-16-8-13(18)14(19)9-16/h3-4,6,13-15,18-19H,2,5,7-9H2,1H3. The Morgan fingerprint density at radius 2 is 2.05 bits per heavy atom. The van der Waals surface area contributed by atoms with E-state index in [2.05, 4.69) is 5.32 Å². The maximum absolute atomic E-state index is 10.9. The number of benzene rings is 1. The highest BCUT2D eigenvalue weighted by Gasteiger charge is 2.29. The van der Waals surface area contributed by atoms with Crippen molar-refractivity contribution in [2.24, 2.45) is 0 Å². The summed E-state index contributed by atoms with van der Waals surface area (Å²) in [6.07, 6.45) is -0.552. The van der Waals surface area contributed by atoms with E-state index in [9.17, 15) is 20.3 Å². The monoisotopic (exact) mass is 295 g/mol. The third kappa shape index (κ3) is 3.90. The molecule has 1 heterocycles. The van der Waals surface area contributed by atoms with Gasteiger partial charge in [-0.05, 0) is 18.1 Å². The highest BCUT2D eigenvalue weighted by atomic mass is 16.6. The van der Waals surface area contributed by atoms with Gasteiger partial charge in [0.2, 0.25) is 0 Å². The van der Waals surface area contributed by atoms with Crippen LogP contribution in [0.5, 0.6) is 0 Å². The number of aliphatic hydroxyl groups is 2. The zero-order valence-corrected chi connectivity index (χ0v) is 12.0. The van der Waals surface area contributed by atoms with Gasteiger partial charge in [-0.15, -0.1) is 0 Å². The van der Waals surface area contributed by atoms with Crippen LogP contribution in [0.2, 0.25) is 0 Å². The van der Waals surface area contributed by atoms with Gasteiger partial charge in [-0.2, -0.15) is 0 Å². The van der Waals surface area contributed by atoms with Crippen LogP contribution in [-0.4, -0.2) is 51.9 Å². The number of hydrogen-bond donors (Lipinski definition) is 3. The fourth-order valence-corrected chi connectivity index (χ4v) is 2.47. The number of nitrogens with zero attached hydrogens (tertiary/aromatic N) is 2. The summed E-state index contributed by atoms with van der Waals surface area (Å²) in [5.41, 5.74) is 1.71. The van der Waals surface area contributed by atoms with Gasteiger partial charge in [-0.25, -0.2) is 0 Å².